The lowest BCUT2D eigenvalue weighted by atomic mass is 9.98. The fraction of sp³-hybridized carbons (Fsp3) is 0.312. The van der Waals surface area contributed by atoms with Crippen LogP contribution in [0.25, 0.3) is 0 Å². The molecule has 3 N–H and O–H groups in total. The number of halogens is 1. The smallest absolute Gasteiger partial charge is 0.0623 e. The minimum Gasteiger partial charge on any atom is -0.398 e. The Balaban J connectivity index is 2.44. The summed E-state index contributed by atoms with van der Waals surface area (Å²) < 4.78 is 1.09. The van der Waals surface area contributed by atoms with Crippen LogP contribution in [0.2, 0.25) is 0 Å². The molecule has 0 radical (unpaired) electrons. The number of pyridine rings is 1. The molecule has 1 aromatic heterocycles. The van der Waals surface area contributed by atoms with Crippen LogP contribution in [0.4, 0.5) is 5.69 Å². The molecule has 1 aromatic carbocycles. The van der Waals surface area contributed by atoms with Crippen LogP contribution < -0.4 is 11.1 Å². The van der Waals surface area contributed by atoms with Gasteiger partial charge in [-0.25, -0.2) is 0 Å². The number of nitrogens with two attached hydrogens (primary N) is 1. The minimum absolute atomic E-state index is 0.0543. The second-order valence-corrected chi connectivity index (χ2v) is 5.77. The number of rotatable bonds is 5. The summed E-state index contributed by atoms with van der Waals surface area (Å²) in [6.07, 6.45) is 4.63. The van der Waals surface area contributed by atoms with Crippen molar-refractivity contribution in [3.8, 4) is 0 Å². The molecule has 0 fully saturated rings. The van der Waals surface area contributed by atoms with Gasteiger partial charge in [0.15, 0.2) is 0 Å². The van der Waals surface area contributed by atoms with Crippen LogP contribution in [-0.2, 0) is 0 Å². The largest absolute Gasteiger partial charge is 0.398 e. The Morgan fingerprint density at radius 1 is 1.30 bits per heavy atom. The van der Waals surface area contributed by atoms with E-state index in [2.05, 4.69) is 58.3 Å². The van der Waals surface area contributed by atoms with Crippen molar-refractivity contribution < 1.29 is 0 Å². The maximum absolute atomic E-state index is 6.12. The maximum atomic E-state index is 6.12. The minimum atomic E-state index is 0.0543. The highest BCUT2D eigenvalue weighted by Gasteiger charge is 2.18. The number of nitrogens with zero attached hydrogens (tertiary/aromatic N) is 1. The lowest BCUT2D eigenvalue weighted by Crippen LogP contribution is -2.24. The molecule has 0 amide bonds. The Hall–Kier alpha value is -1.39. The molecule has 0 aliphatic heterocycles. The van der Waals surface area contributed by atoms with Crippen molar-refractivity contribution in [2.45, 2.75) is 26.3 Å². The third kappa shape index (κ3) is 3.38. The molecule has 2 rings (SSSR count). The molecule has 0 aliphatic carbocycles. The molecule has 0 spiro atoms. The van der Waals surface area contributed by atoms with Crippen LogP contribution in [0.15, 0.2) is 41.1 Å². The number of nitrogen functional groups attached to an aromatic ring is 1. The summed E-state index contributed by atoms with van der Waals surface area (Å²) in [5.41, 5.74) is 10.3. The zero-order valence-corrected chi connectivity index (χ0v) is 13.4. The third-order valence-corrected chi connectivity index (χ3v) is 3.95. The number of aryl methyl sites for hydroxylation is 1. The molecular formula is C16H20BrN3. The molecule has 0 bridgehead atoms. The molecule has 2 aromatic rings. The van der Waals surface area contributed by atoms with Gasteiger partial charge in [0.25, 0.3) is 0 Å². The van der Waals surface area contributed by atoms with E-state index in [0.29, 0.717) is 0 Å². The molecule has 1 unspecified atom stereocenters. The Morgan fingerprint density at radius 2 is 2.10 bits per heavy atom. The van der Waals surface area contributed by atoms with Gasteiger partial charge in [-0.15, -0.1) is 0 Å². The summed E-state index contributed by atoms with van der Waals surface area (Å²) in [4.78, 5) is 4.21. The number of hydrogen-bond donors (Lipinski definition) is 2. The van der Waals surface area contributed by atoms with Gasteiger partial charge in [-0.05, 0) is 43.1 Å². The lowest BCUT2D eigenvalue weighted by Gasteiger charge is -2.22. The van der Waals surface area contributed by atoms with Gasteiger partial charge >= 0.3 is 0 Å². The van der Waals surface area contributed by atoms with Gasteiger partial charge in [-0.3, -0.25) is 4.98 Å². The van der Waals surface area contributed by atoms with Gasteiger partial charge in [0.05, 0.1) is 6.04 Å². The highest BCUT2D eigenvalue weighted by Crippen LogP contribution is 2.31. The SMILES string of the molecule is CCCNC(c1cnccc1N)c1ccc(C)cc1Br. The van der Waals surface area contributed by atoms with Crippen LogP contribution in [0.5, 0.6) is 0 Å². The zero-order valence-electron chi connectivity index (χ0n) is 11.9. The number of aromatic nitrogens is 1. The van der Waals surface area contributed by atoms with Crippen molar-refractivity contribution in [1.82, 2.24) is 10.3 Å². The Bertz CT molecular complexity index is 584. The standard InChI is InChI=1S/C16H20BrN3/c1-3-7-20-16(13-10-19-8-6-15(13)18)12-5-4-11(2)9-14(12)17/h4-6,8-10,16,20H,3,7H2,1-2H3,(H2,18,19). The summed E-state index contributed by atoms with van der Waals surface area (Å²) in [7, 11) is 0. The predicted molar refractivity (Wildman–Crippen MR) is 87.7 cm³/mol. The Morgan fingerprint density at radius 3 is 2.75 bits per heavy atom. The summed E-state index contributed by atoms with van der Waals surface area (Å²) in [5, 5.41) is 3.55. The van der Waals surface area contributed by atoms with Crippen LogP contribution in [0, 0.1) is 6.92 Å². The van der Waals surface area contributed by atoms with Gasteiger partial charge in [-0.2, -0.15) is 0 Å². The average molecular weight is 334 g/mol. The average Bonchev–Trinajstić information content (AvgIpc) is 2.42. The Labute approximate surface area is 128 Å². The van der Waals surface area contributed by atoms with E-state index < -0.39 is 0 Å². The van der Waals surface area contributed by atoms with Crippen LogP contribution in [0.3, 0.4) is 0 Å². The second kappa shape index (κ2) is 6.86. The number of benzene rings is 1. The topological polar surface area (TPSA) is 50.9 Å². The molecule has 106 valence electrons. The van der Waals surface area contributed by atoms with Crippen molar-refractivity contribution in [2.75, 3.05) is 12.3 Å². The first-order valence-corrected chi connectivity index (χ1v) is 7.61. The van der Waals surface area contributed by atoms with Gasteiger partial charge in [0.2, 0.25) is 0 Å². The molecular weight excluding hydrogens is 314 g/mol. The Kier molecular flexibility index (Phi) is 5.15. The van der Waals surface area contributed by atoms with Crippen LogP contribution in [0.1, 0.15) is 36.1 Å². The van der Waals surface area contributed by atoms with Crippen LogP contribution >= 0.6 is 15.9 Å². The quantitative estimate of drug-likeness (QED) is 0.874. The van der Waals surface area contributed by atoms with Gasteiger partial charge in [-0.1, -0.05) is 35.0 Å². The first-order valence-electron chi connectivity index (χ1n) is 6.82. The van der Waals surface area contributed by atoms with Gasteiger partial charge < -0.3 is 11.1 Å². The molecule has 20 heavy (non-hydrogen) atoms. The molecule has 0 saturated heterocycles. The van der Waals surface area contributed by atoms with Crippen molar-refractivity contribution in [1.29, 1.82) is 0 Å². The van der Waals surface area contributed by atoms with Crippen molar-refractivity contribution in [3.05, 3.63) is 57.8 Å². The normalized spacial score (nSPS) is 12.3. The van der Waals surface area contributed by atoms with E-state index in [9.17, 15) is 0 Å². The number of hydrogen-bond acceptors (Lipinski definition) is 3. The molecule has 1 atom stereocenters. The van der Waals surface area contributed by atoms with E-state index in [4.69, 9.17) is 5.73 Å². The number of nitrogens with one attached hydrogen (secondary N) is 1. The van der Waals surface area contributed by atoms with E-state index in [0.717, 1.165) is 28.7 Å². The fourth-order valence-electron chi connectivity index (χ4n) is 2.20. The van der Waals surface area contributed by atoms with E-state index in [1.807, 2.05) is 12.3 Å². The van der Waals surface area contributed by atoms with Gasteiger partial charge in [0, 0.05) is 28.1 Å². The summed E-state index contributed by atoms with van der Waals surface area (Å²) in [5.74, 6) is 0. The highest BCUT2D eigenvalue weighted by atomic mass is 79.9. The molecule has 0 saturated carbocycles. The van der Waals surface area contributed by atoms with Crippen molar-refractivity contribution in [2.24, 2.45) is 0 Å². The molecule has 4 heteroatoms. The van der Waals surface area contributed by atoms with Crippen molar-refractivity contribution >= 4 is 21.6 Å². The second-order valence-electron chi connectivity index (χ2n) is 4.92. The monoisotopic (exact) mass is 333 g/mol. The number of anilines is 1. The zero-order chi connectivity index (χ0) is 14.5. The highest BCUT2D eigenvalue weighted by molar-refractivity contribution is 9.10. The molecule has 0 aliphatic rings. The lowest BCUT2D eigenvalue weighted by molar-refractivity contribution is 0.596. The predicted octanol–water partition coefficient (Wildman–Crippen LogP) is 3.82. The van der Waals surface area contributed by atoms with E-state index in [1.54, 1.807) is 6.20 Å². The third-order valence-electron chi connectivity index (χ3n) is 3.26. The molecule has 3 nitrogen and oxygen atoms in total. The fourth-order valence-corrected chi connectivity index (χ4v) is 2.92. The summed E-state index contributed by atoms with van der Waals surface area (Å²) in [6, 6.07) is 8.28. The summed E-state index contributed by atoms with van der Waals surface area (Å²) >= 11 is 3.66. The van der Waals surface area contributed by atoms with E-state index in [1.165, 1.54) is 11.1 Å². The summed E-state index contributed by atoms with van der Waals surface area (Å²) in [6.45, 7) is 5.17. The van der Waals surface area contributed by atoms with Crippen molar-refractivity contribution in [3.63, 3.8) is 0 Å². The first-order chi connectivity index (χ1) is 9.63. The van der Waals surface area contributed by atoms with E-state index >= 15 is 0 Å². The van der Waals surface area contributed by atoms with Crippen LogP contribution in [-0.4, -0.2) is 11.5 Å². The maximum Gasteiger partial charge on any atom is 0.0623 e. The van der Waals surface area contributed by atoms with E-state index in [-0.39, 0.29) is 6.04 Å². The first kappa shape index (κ1) is 15.0. The molecule has 1 heterocycles. The van der Waals surface area contributed by atoms with Gasteiger partial charge in [0.1, 0.15) is 0 Å².